The van der Waals surface area contributed by atoms with Gasteiger partial charge in [0.05, 0.1) is 0 Å². The maximum atomic E-state index is 2.43. The summed E-state index contributed by atoms with van der Waals surface area (Å²) < 4.78 is 0. The Hall–Kier alpha value is -5.86. The molecule has 0 spiro atoms. The van der Waals surface area contributed by atoms with Crippen molar-refractivity contribution >= 4 is 34.1 Å². The van der Waals surface area contributed by atoms with Crippen molar-refractivity contribution in [1.29, 1.82) is 0 Å². The van der Waals surface area contributed by atoms with Crippen LogP contribution in [0.4, 0.5) is 34.1 Å². The Balaban J connectivity index is 1.12. The lowest BCUT2D eigenvalue weighted by atomic mass is 9.80. The van der Waals surface area contributed by atoms with Gasteiger partial charge >= 0.3 is 0 Å². The minimum atomic E-state index is -0.0479. The summed E-state index contributed by atoms with van der Waals surface area (Å²) in [5.74, 6) is 0.512. The molecule has 7 aromatic carbocycles. The van der Waals surface area contributed by atoms with E-state index in [2.05, 4.69) is 228 Å². The van der Waals surface area contributed by atoms with Crippen LogP contribution in [0.3, 0.4) is 0 Å². The van der Waals surface area contributed by atoms with Gasteiger partial charge in [0.25, 0.3) is 0 Å². The molecule has 0 N–H and O–H groups in total. The van der Waals surface area contributed by atoms with Crippen molar-refractivity contribution < 1.29 is 0 Å². The second-order valence-corrected chi connectivity index (χ2v) is 16.5. The molecule has 0 radical (unpaired) electrons. The monoisotopic (exact) mass is 702 g/mol. The van der Waals surface area contributed by atoms with Gasteiger partial charge in [0.2, 0.25) is 0 Å². The zero-order valence-corrected chi connectivity index (χ0v) is 32.6. The molecule has 1 aliphatic carbocycles. The third-order valence-electron chi connectivity index (χ3n) is 11.2. The fraction of sp³-hybridized carbons (Fsp3) is 0.192. The lowest BCUT2D eigenvalue weighted by Crippen LogP contribution is -2.15. The van der Waals surface area contributed by atoms with Gasteiger partial charge in [0, 0.05) is 39.5 Å². The highest BCUT2D eigenvalue weighted by atomic mass is 15.2. The van der Waals surface area contributed by atoms with Crippen molar-refractivity contribution in [2.45, 2.75) is 65.2 Å². The summed E-state index contributed by atoms with van der Waals surface area (Å²) >= 11 is 0. The lowest BCUT2D eigenvalue weighted by molar-refractivity contribution is 0.590. The highest BCUT2D eigenvalue weighted by Crippen LogP contribution is 2.50. The van der Waals surface area contributed by atoms with Crippen molar-refractivity contribution in [3.8, 4) is 22.3 Å². The number of nitrogens with zero attached hydrogens (tertiary/aromatic N) is 2. The second kappa shape index (κ2) is 13.8. The first-order chi connectivity index (χ1) is 26.0. The smallest absolute Gasteiger partial charge is 0.0463 e. The van der Waals surface area contributed by atoms with Crippen LogP contribution in [0.15, 0.2) is 170 Å². The molecule has 8 rings (SSSR count). The minimum absolute atomic E-state index is 0.0479. The summed E-state index contributed by atoms with van der Waals surface area (Å²) in [6, 6.07) is 62.4. The summed E-state index contributed by atoms with van der Waals surface area (Å²) in [6.45, 7) is 16.1. The Bertz CT molecular complexity index is 2380. The van der Waals surface area contributed by atoms with Crippen LogP contribution in [0.25, 0.3) is 22.3 Å². The third kappa shape index (κ3) is 6.51. The molecule has 268 valence electrons. The molecule has 0 bridgehead atoms. The van der Waals surface area contributed by atoms with Crippen LogP contribution in [-0.4, -0.2) is 0 Å². The van der Waals surface area contributed by atoms with Crippen LogP contribution in [0.1, 0.15) is 76.6 Å². The topological polar surface area (TPSA) is 6.48 Å². The molecule has 0 heterocycles. The molecule has 2 heteroatoms. The zero-order chi connectivity index (χ0) is 37.6. The molecular weight excluding hydrogens is 653 g/mol. The standard InChI is InChI=1S/C52H50N2/c1-36(2)38-20-32-47-48-33-21-39(35-50(48)52(6,7)49(47)34-38)37-18-24-43(25-19-37)53(41-14-10-8-11-15-41)45-28-30-46(31-29-45)54(42-16-12-9-13-17-42)44-26-22-40(23-27-44)51(3,4)5/h8-36H,1-7H3. The molecule has 0 aliphatic heterocycles. The molecular formula is C52H50N2. The van der Waals surface area contributed by atoms with Crippen LogP contribution < -0.4 is 9.80 Å². The Labute approximate surface area is 322 Å². The lowest BCUT2D eigenvalue weighted by Gasteiger charge is -2.29. The third-order valence-corrected chi connectivity index (χ3v) is 11.2. The maximum Gasteiger partial charge on any atom is 0.0463 e. The minimum Gasteiger partial charge on any atom is -0.311 e. The fourth-order valence-corrected chi connectivity index (χ4v) is 8.01. The first-order valence-electron chi connectivity index (χ1n) is 19.3. The largest absolute Gasteiger partial charge is 0.311 e. The van der Waals surface area contributed by atoms with Gasteiger partial charge in [-0.2, -0.15) is 0 Å². The van der Waals surface area contributed by atoms with Crippen molar-refractivity contribution in [2.75, 3.05) is 9.80 Å². The summed E-state index contributed by atoms with van der Waals surface area (Å²) in [4.78, 5) is 4.67. The number of hydrogen-bond acceptors (Lipinski definition) is 2. The molecule has 54 heavy (non-hydrogen) atoms. The predicted octanol–water partition coefficient (Wildman–Crippen LogP) is 15.0. The molecule has 2 nitrogen and oxygen atoms in total. The molecule has 0 unspecified atom stereocenters. The van der Waals surface area contributed by atoms with E-state index in [1.165, 1.54) is 44.5 Å². The van der Waals surface area contributed by atoms with E-state index in [4.69, 9.17) is 0 Å². The van der Waals surface area contributed by atoms with Crippen LogP contribution in [0, 0.1) is 0 Å². The maximum absolute atomic E-state index is 2.43. The Morgan fingerprint density at radius 1 is 0.426 bits per heavy atom. The summed E-state index contributed by atoms with van der Waals surface area (Å²) in [5.41, 5.74) is 17.5. The van der Waals surface area contributed by atoms with Gasteiger partial charge in [-0.3, -0.25) is 0 Å². The van der Waals surface area contributed by atoms with E-state index in [9.17, 15) is 0 Å². The fourth-order valence-electron chi connectivity index (χ4n) is 8.01. The van der Waals surface area contributed by atoms with Gasteiger partial charge in [-0.25, -0.2) is 0 Å². The van der Waals surface area contributed by atoms with Crippen LogP contribution in [0.2, 0.25) is 0 Å². The van der Waals surface area contributed by atoms with E-state index in [0.717, 1.165) is 34.1 Å². The quantitative estimate of drug-likeness (QED) is 0.156. The zero-order valence-electron chi connectivity index (χ0n) is 32.6. The Kier molecular flexibility index (Phi) is 9.02. The SMILES string of the molecule is CC(C)c1ccc2c(c1)C(C)(C)c1cc(-c3ccc(N(c4ccccc4)c4ccc(N(c5ccccc5)c5ccc(C(C)(C)C)cc5)cc4)cc3)ccc1-2. The summed E-state index contributed by atoms with van der Waals surface area (Å²) in [7, 11) is 0. The Morgan fingerprint density at radius 2 is 0.815 bits per heavy atom. The molecule has 0 fully saturated rings. The van der Waals surface area contributed by atoms with E-state index in [0.29, 0.717) is 5.92 Å². The van der Waals surface area contributed by atoms with Crippen molar-refractivity contribution in [3.63, 3.8) is 0 Å². The van der Waals surface area contributed by atoms with Crippen LogP contribution >= 0.6 is 0 Å². The molecule has 0 aromatic heterocycles. The van der Waals surface area contributed by atoms with Gasteiger partial charge in [0.15, 0.2) is 0 Å². The molecule has 0 saturated heterocycles. The number of hydrogen-bond donors (Lipinski definition) is 0. The van der Waals surface area contributed by atoms with Crippen molar-refractivity contribution in [3.05, 3.63) is 192 Å². The van der Waals surface area contributed by atoms with Crippen molar-refractivity contribution in [2.24, 2.45) is 0 Å². The van der Waals surface area contributed by atoms with E-state index in [-0.39, 0.29) is 10.8 Å². The number of benzene rings is 7. The number of para-hydroxylation sites is 2. The number of rotatable bonds is 8. The first-order valence-corrected chi connectivity index (χ1v) is 19.3. The van der Waals surface area contributed by atoms with E-state index < -0.39 is 0 Å². The van der Waals surface area contributed by atoms with Gasteiger partial charge < -0.3 is 9.80 Å². The van der Waals surface area contributed by atoms with Crippen LogP contribution in [-0.2, 0) is 10.8 Å². The number of anilines is 6. The number of fused-ring (bicyclic) bond motifs is 3. The first kappa shape index (κ1) is 35.2. The average Bonchev–Trinajstić information content (AvgIpc) is 3.41. The molecule has 0 amide bonds. The highest BCUT2D eigenvalue weighted by molar-refractivity contribution is 5.85. The molecule has 0 saturated carbocycles. The van der Waals surface area contributed by atoms with Gasteiger partial charge in [-0.1, -0.05) is 139 Å². The van der Waals surface area contributed by atoms with E-state index in [1.54, 1.807) is 0 Å². The summed E-state index contributed by atoms with van der Waals surface area (Å²) in [5, 5.41) is 0. The summed E-state index contributed by atoms with van der Waals surface area (Å²) in [6.07, 6.45) is 0. The normalized spacial score (nSPS) is 13.0. The van der Waals surface area contributed by atoms with Gasteiger partial charge in [0.1, 0.15) is 0 Å². The van der Waals surface area contributed by atoms with Gasteiger partial charge in [-0.15, -0.1) is 0 Å². The van der Waals surface area contributed by atoms with Gasteiger partial charge in [-0.05, 0) is 135 Å². The van der Waals surface area contributed by atoms with E-state index >= 15 is 0 Å². The van der Waals surface area contributed by atoms with Crippen molar-refractivity contribution in [1.82, 2.24) is 0 Å². The predicted molar refractivity (Wildman–Crippen MR) is 232 cm³/mol. The van der Waals surface area contributed by atoms with E-state index in [1.807, 2.05) is 0 Å². The van der Waals surface area contributed by atoms with Crippen LogP contribution in [0.5, 0.6) is 0 Å². The Morgan fingerprint density at radius 3 is 1.28 bits per heavy atom. The average molecular weight is 703 g/mol. The molecule has 1 aliphatic rings. The highest BCUT2D eigenvalue weighted by Gasteiger charge is 2.36. The molecule has 0 atom stereocenters. The molecule has 7 aromatic rings. The second-order valence-electron chi connectivity index (χ2n) is 16.5.